The number of amides is 1. The van der Waals surface area contributed by atoms with Crippen molar-refractivity contribution < 1.29 is 9.53 Å². The lowest BCUT2D eigenvalue weighted by atomic mass is 10.1. The van der Waals surface area contributed by atoms with Crippen molar-refractivity contribution in [3.8, 4) is 5.75 Å². The van der Waals surface area contributed by atoms with Crippen molar-refractivity contribution in [2.45, 2.75) is 19.3 Å². The molecule has 1 aromatic heterocycles. The van der Waals surface area contributed by atoms with Crippen LogP contribution < -0.4 is 10.5 Å². The zero-order valence-corrected chi connectivity index (χ0v) is 13.7. The van der Waals surface area contributed by atoms with Gasteiger partial charge < -0.3 is 10.5 Å². The minimum Gasteiger partial charge on any atom is -0.411 e. The molecule has 3 rings (SSSR count). The third-order valence-corrected chi connectivity index (χ3v) is 3.67. The second kappa shape index (κ2) is 8.10. The van der Waals surface area contributed by atoms with E-state index in [4.69, 9.17) is 10.5 Å². The van der Waals surface area contributed by atoms with Gasteiger partial charge in [-0.15, -0.1) is 0 Å². The molecule has 1 radical (unpaired) electrons. The molecule has 25 heavy (non-hydrogen) atoms. The van der Waals surface area contributed by atoms with E-state index < -0.39 is 6.09 Å². The Hall–Kier alpha value is -3.15. The molecule has 0 aliphatic heterocycles. The van der Waals surface area contributed by atoms with Crippen LogP contribution >= 0.6 is 0 Å². The van der Waals surface area contributed by atoms with Crippen LogP contribution in [-0.2, 0) is 12.8 Å². The quantitative estimate of drug-likeness (QED) is 0.694. The standard InChI is InChI=1S/C19H19N4O2/c20-19(24)25-16-11-9-15(10-12-16)13-18-21-17(22-23-18)8-4-7-14-5-2-1-3-6-14/h1-3,5-6,8-12H,4,7,13H2,(H2,20,24)(H,21,22,23). The molecule has 1 amide bonds. The summed E-state index contributed by atoms with van der Waals surface area (Å²) < 4.78 is 4.80. The summed E-state index contributed by atoms with van der Waals surface area (Å²) in [6.45, 7) is 0. The van der Waals surface area contributed by atoms with Gasteiger partial charge in [-0.05, 0) is 36.1 Å². The highest BCUT2D eigenvalue weighted by Crippen LogP contribution is 2.14. The Morgan fingerprint density at radius 1 is 1.08 bits per heavy atom. The number of primary amides is 1. The molecule has 3 aromatic rings. The molecular weight excluding hydrogens is 316 g/mol. The molecule has 127 valence electrons. The zero-order valence-electron chi connectivity index (χ0n) is 13.7. The minimum atomic E-state index is -0.822. The number of rotatable bonds is 7. The number of aromatic nitrogens is 3. The molecular formula is C19H19N4O2. The highest BCUT2D eigenvalue weighted by Gasteiger charge is 2.06. The SMILES string of the molecule is NC(=O)Oc1ccc(Cc2n[nH]c([CH]CCc3ccccc3)n2)cc1. The third-order valence-electron chi connectivity index (χ3n) is 3.67. The van der Waals surface area contributed by atoms with Crippen LogP contribution in [0, 0.1) is 6.42 Å². The van der Waals surface area contributed by atoms with E-state index >= 15 is 0 Å². The maximum Gasteiger partial charge on any atom is 0.409 e. The third kappa shape index (κ3) is 5.17. The van der Waals surface area contributed by atoms with Gasteiger partial charge >= 0.3 is 6.09 Å². The van der Waals surface area contributed by atoms with Gasteiger partial charge in [-0.25, -0.2) is 9.78 Å². The second-order valence-electron chi connectivity index (χ2n) is 5.61. The molecule has 1 heterocycles. The second-order valence-corrected chi connectivity index (χ2v) is 5.61. The summed E-state index contributed by atoms with van der Waals surface area (Å²) in [7, 11) is 0. The topological polar surface area (TPSA) is 93.9 Å². The first-order valence-corrected chi connectivity index (χ1v) is 8.04. The van der Waals surface area contributed by atoms with Gasteiger partial charge in [-0.3, -0.25) is 5.10 Å². The summed E-state index contributed by atoms with van der Waals surface area (Å²) in [4.78, 5) is 15.2. The molecule has 0 aliphatic rings. The minimum absolute atomic E-state index is 0.418. The van der Waals surface area contributed by atoms with Gasteiger partial charge in [-0.1, -0.05) is 42.5 Å². The van der Waals surface area contributed by atoms with E-state index in [-0.39, 0.29) is 0 Å². The number of nitrogens with two attached hydrogens (primary N) is 1. The van der Waals surface area contributed by atoms with Crippen molar-refractivity contribution in [1.29, 1.82) is 0 Å². The Kier molecular flexibility index (Phi) is 5.41. The number of nitrogens with one attached hydrogen (secondary N) is 1. The van der Waals surface area contributed by atoms with Crippen LogP contribution in [0.1, 0.15) is 29.2 Å². The first-order valence-electron chi connectivity index (χ1n) is 8.04. The van der Waals surface area contributed by atoms with Gasteiger partial charge in [0.2, 0.25) is 0 Å². The number of benzene rings is 2. The van der Waals surface area contributed by atoms with E-state index in [1.165, 1.54) is 5.56 Å². The van der Waals surface area contributed by atoms with Crippen molar-refractivity contribution in [2.24, 2.45) is 5.73 Å². The molecule has 0 saturated heterocycles. The number of carbonyl (C=O) groups is 1. The van der Waals surface area contributed by atoms with Crippen molar-refractivity contribution in [1.82, 2.24) is 15.2 Å². The maximum atomic E-state index is 10.7. The molecule has 0 unspecified atom stereocenters. The predicted octanol–water partition coefficient (Wildman–Crippen LogP) is 3.04. The first kappa shape index (κ1) is 16.7. The number of H-pyrrole nitrogens is 1. The van der Waals surface area contributed by atoms with E-state index in [1.54, 1.807) is 12.1 Å². The van der Waals surface area contributed by atoms with Gasteiger partial charge in [0.15, 0.2) is 5.82 Å². The van der Waals surface area contributed by atoms with E-state index in [1.807, 2.05) is 36.8 Å². The Morgan fingerprint density at radius 2 is 1.84 bits per heavy atom. The van der Waals surface area contributed by atoms with Crippen LogP contribution in [0.3, 0.4) is 0 Å². The first-order chi connectivity index (χ1) is 12.2. The van der Waals surface area contributed by atoms with Crippen LogP contribution in [-0.4, -0.2) is 21.3 Å². The number of aromatic amines is 1. The Balaban J connectivity index is 1.50. The Labute approximate surface area is 146 Å². The summed E-state index contributed by atoms with van der Waals surface area (Å²) in [5.41, 5.74) is 7.30. The largest absolute Gasteiger partial charge is 0.411 e. The van der Waals surface area contributed by atoms with Gasteiger partial charge in [0, 0.05) is 12.8 Å². The number of aryl methyl sites for hydroxylation is 1. The molecule has 0 atom stereocenters. The smallest absolute Gasteiger partial charge is 0.409 e. The highest BCUT2D eigenvalue weighted by molar-refractivity contribution is 5.68. The molecule has 0 spiro atoms. The lowest BCUT2D eigenvalue weighted by molar-refractivity contribution is 0.211. The van der Waals surface area contributed by atoms with Crippen molar-refractivity contribution in [3.63, 3.8) is 0 Å². The van der Waals surface area contributed by atoms with Gasteiger partial charge in [0.05, 0.1) is 0 Å². The molecule has 3 N–H and O–H groups in total. The van der Waals surface area contributed by atoms with Crippen LogP contribution in [0.25, 0.3) is 0 Å². The van der Waals surface area contributed by atoms with Gasteiger partial charge in [0.25, 0.3) is 0 Å². The average Bonchev–Trinajstić information content (AvgIpc) is 3.04. The van der Waals surface area contributed by atoms with Gasteiger partial charge in [0.1, 0.15) is 11.6 Å². The van der Waals surface area contributed by atoms with Crippen LogP contribution in [0.5, 0.6) is 5.75 Å². The van der Waals surface area contributed by atoms with Crippen LogP contribution in [0.4, 0.5) is 4.79 Å². The number of nitrogens with zero attached hydrogens (tertiary/aromatic N) is 2. The molecule has 0 saturated carbocycles. The number of hydrogen-bond acceptors (Lipinski definition) is 4. The van der Waals surface area contributed by atoms with E-state index in [0.29, 0.717) is 12.2 Å². The zero-order chi connectivity index (χ0) is 17.5. The average molecular weight is 335 g/mol. The van der Waals surface area contributed by atoms with E-state index in [0.717, 1.165) is 30.1 Å². The predicted molar refractivity (Wildman–Crippen MR) is 94.0 cm³/mol. The van der Waals surface area contributed by atoms with Crippen molar-refractivity contribution >= 4 is 6.09 Å². The Morgan fingerprint density at radius 3 is 2.56 bits per heavy atom. The lowest BCUT2D eigenvalue weighted by Crippen LogP contribution is -2.16. The summed E-state index contributed by atoms with van der Waals surface area (Å²) in [5.74, 6) is 1.91. The monoisotopic (exact) mass is 335 g/mol. The fourth-order valence-electron chi connectivity index (χ4n) is 2.48. The molecule has 0 bridgehead atoms. The summed E-state index contributed by atoms with van der Waals surface area (Å²) in [6.07, 6.45) is 3.70. The fourth-order valence-corrected chi connectivity index (χ4v) is 2.48. The summed E-state index contributed by atoms with van der Waals surface area (Å²) in [6, 6.07) is 17.4. The number of hydrogen-bond donors (Lipinski definition) is 2. The number of carbonyl (C=O) groups excluding carboxylic acids is 1. The summed E-state index contributed by atoms with van der Waals surface area (Å²) >= 11 is 0. The van der Waals surface area contributed by atoms with Crippen molar-refractivity contribution in [3.05, 3.63) is 83.8 Å². The maximum absolute atomic E-state index is 10.7. The fraction of sp³-hybridized carbons (Fsp3) is 0.158. The molecule has 0 aliphatic carbocycles. The lowest BCUT2D eigenvalue weighted by Gasteiger charge is -2.02. The van der Waals surface area contributed by atoms with Crippen LogP contribution in [0.2, 0.25) is 0 Å². The van der Waals surface area contributed by atoms with Crippen LogP contribution in [0.15, 0.2) is 54.6 Å². The molecule has 2 aromatic carbocycles. The van der Waals surface area contributed by atoms with E-state index in [9.17, 15) is 4.79 Å². The normalized spacial score (nSPS) is 10.6. The van der Waals surface area contributed by atoms with Gasteiger partial charge in [-0.2, -0.15) is 5.10 Å². The molecule has 6 heteroatoms. The highest BCUT2D eigenvalue weighted by atomic mass is 16.5. The van der Waals surface area contributed by atoms with Crippen molar-refractivity contribution in [2.75, 3.05) is 0 Å². The van der Waals surface area contributed by atoms with E-state index in [2.05, 4.69) is 27.3 Å². The molecule has 6 nitrogen and oxygen atoms in total. The summed E-state index contributed by atoms with van der Waals surface area (Å²) in [5, 5.41) is 7.18. The number of ether oxygens (including phenoxy) is 1. The Bertz CT molecular complexity index is 813. The molecule has 0 fully saturated rings.